The highest BCUT2D eigenvalue weighted by atomic mass is 35.5. The topological polar surface area (TPSA) is 49.4 Å². The van der Waals surface area contributed by atoms with E-state index in [2.05, 4.69) is 53.3 Å². The maximum atomic E-state index is 13.3. The molecule has 0 spiro atoms. The van der Waals surface area contributed by atoms with Crippen LogP contribution in [0, 0.1) is 5.92 Å². The van der Waals surface area contributed by atoms with Crippen LogP contribution in [0.2, 0.25) is 5.02 Å². The summed E-state index contributed by atoms with van der Waals surface area (Å²) in [5.41, 5.74) is 5.87. The van der Waals surface area contributed by atoms with Gasteiger partial charge in [-0.15, -0.1) is 0 Å². The zero-order valence-electron chi connectivity index (χ0n) is 17.9. The van der Waals surface area contributed by atoms with Crippen molar-refractivity contribution in [1.82, 2.24) is 4.31 Å². The molecule has 3 aromatic carbocycles. The van der Waals surface area contributed by atoms with E-state index in [1.807, 2.05) is 0 Å². The van der Waals surface area contributed by atoms with Gasteiger partial charge in [0, 0.05) is 19.0 Å². The summed E-state index contributed by atoms with van der Waals surface area (Å²) in [5, 5.41) is 0.399. The van der Waals surface area contributed by atoms with Crippen molar-refractivity contribution in [3.8, 4) is 0 Å². The predicted molar refractivity (Wildman–Crippen MR) is 130 cm³/mol. The lowest BCUT2D eigenvalue weighted by atomic mass is 9.76. The van der Waals surface area contributed by atoms with Gasteiger partial charge in [-0.2, -0.15) is 12.7 Å². The Morgan fingerprint density at radius 2 is 1.44 bits per heavy atom. The average Bonchev–Trinajstić information content (AvgIpc) is 2.97. The van der Waals surface area contributed by atoms with Crippen LogP contribution < -0.4 is 4.72 Å². The van der Waals surface area contributed by atoms with Gasteiger partial charge in [0.2, 0.25) is 0 Å². The molecule has 1 atom stereocenters. The minimum atomic E-state index is -3.70. The predicted octanol–water partition coefficient (Wildman–Crippen LogP) is 5.64. The third-order valence-corrected chi connectivity index (χ3v) is 8.61. The largest absolute Gasteiger partial charge is 0.301 e. The van der Waals surface area contributed by atoms with Crippen molar-refractivity contribution >= 4 is 27.5 Å². The van der Waals surface area contributed by atoms with Gasteiger partial charge in [-0.3, -0.25) is 4.72 Å². The van der Waals surface area contributed by atoms with Gasteiger partial charge in [-0.05, 0) is 66.0 Å². The average molecular weight is 467 g/mol. The smallest absolute Gasteiger partial charge is 0.269 e. The van der Waals surface area contributed by atoms with Crippen molar-refractivity contribution in [2.45, 2.75) is 31.6 Å². The zero-order chi connectivity index (χ0) is 22.1. The molecule has 0 aromatic heterocycles. The molecule has 1 unspecified atom stereocenters. The van der Waals surface area contributed by atoms with Crippen molar-refractivity contribution in [3.63, 3.8) is 0 Å². The fraction of sp³-hybridized carbons (Fsp3) is 0.308. The van der Waals surface area contributed by atoms with E-state index in [-0.39, 0.29) is 11.8 Å². The highest BCUT2D eigenvalue weighted by Crippen LogP contribution is 2.42. The molecule has 4 nitrogen and oxygen atoms in total. The monoisotopic (exact) mass is 466 g/mol. The molecule has 1 aliphatic heterocycles. The van der Waals surface area contributed by atoms with E-state index >= 15 is 0 Å². The van der Waals surface area contributed by atoms with Crippen molar-refractivity contribution in [3.05, 3.63) is 100 Å². The number of piperidine rings is 1. The number of nitrogens with one attached hydrogen (secondary N) is 1. The van der Waals surface area contributed by atoms with Crippen LogP contribution >= 0.6 is 11.6 Å². The summed E-state index contributed by atoms with van der Waals surface area (Å²) in [5.74, 6) is 0.412. The maximum Gasteiger partial charge on any atom is 0.301 e. The molecule has 6 heteroatoms. The summed E-state index contributed by atoms with van der Waals surface area (Å²) in [4.78, 5) is 0. The Bertz CT molecular complexity index is 1180. The molecule has 1 saturated heterocycles. The first kappa shape index (κ1) is 21.5. The van der Waals surface area contributed by atoms with E-state index in [0.29, 0.717) is 23.8 Å². The van der Waals surface area contributed by atoms with Gasteiger partial charge >= 0.3 is 10.2 Å². The molecule has 1 fully saturated rings. The number of hydrogen-bond acceptors (Lipinski definition) is 2. The molecule has 1 heterocycles. The van der Waals surface area contributed by atoms with Gasteiger partial charge in [-0.25, -0.2) is 0 Å². The minimum Gasteiger partial charge on any atom is -0.269 e. The summed E-state index contributed by atoms with van der Waals surface area (Å²) in [6.07, 6.45) is 3.89. The number of nitrogens with zero attached hydrogens (tertiary/aromatic N) is 1. The fourth-order valence-corrected chi connectivity index (χ4v) is 6.87. The van der Waals surface area contributed by atoms with E-state index < -0.39 is 10.2 Å². The number of anilines is 1. The SMILES string of the molecule is O=S(=O)(Nc1ccccc1Cl)N1CCCC(C2c3ccccc3CCc3ccccc32)C1. The van der Waals surface area contributed by atoms with Gasteiger partial charge in [0.25, 0.3) is 0 Å². The molecule has 32 heavy (non-hydrogen) atoms. The van der Waals surface area contributed by atoms with E-state index in [9.17, 15) is 8.42 Å². The third-order valence-electron chi connectivity index (χ3n) is 6.79. The summed E-state index contributed by atoms with van der Waals surface area (Å²) in [6.45, 7) is 1.01. The molecule has 0 radical (unpaired) electrons. The fourth-order valence-electron chi connectivity index (χ4n) is 5.29. The van der Waals surface area contributed by atoms with Crippen LogP contribution in [0.25, 0.3) is 0 Å². The zero-order valence-corrected chi connectivity index (χ0v) is 19.4. The Morgan fingerprint density at radius 1 is 0.844 bits per heavy atom. The second-order valence-corrected chi connectivity index (χ2v) is 10.8. The molecule has 1 N–H and O–H groups in total. The molecule has 5 rings (SSSR count). The van der Waals surface area contributed by atoms with Gasteiger partial charge in [0.15, 0.2) is 0 Å². The minimum absolute atomic E-state index is 0.197. The lowest BCUT2D eigenvalue weighted by Crippen LogP contribution is -2.44. The maximum absolute atomic E-state index is 13.3. The molecule has 3 aromatic rings. The lowest BCUT2D eigenvalue weighted by Gasteiger charge is -2.37. The van der Waals surface area contributed by atoms with Crippen LogP contribution in [0.15, 0.2) is 72.8 Å². The number of fused-ring (bicyclic) bond motifs is 2. The van der Waals surface area contributed by atoms with Crippen molar-refractivity contribution < 1.29 is 8.42 Å². The highest BCUT2D eigenvalue weighted by molar-refractivity contribution is 7.90. The Morgan fingerprint density at radius 3 is 2.09 bits per heavy atom. The lowest BCUT2D eigenvalue weighted by molar-refractivity contribution is 0.249. The van der Waals surface area contributed by atoms with Gasteiger partial charge in [0.1, 0.15) is 0 Å². The summed E-state index contributed by atoms with van der Waals surface area (Å²) in [7, 11) is -3.70. The van der Waals surface area contributed by atoms with Crippen molar-refractivity contribution in [2.75, 3.05) is 17.8 Å². The van der Waals surface area contributed by atoms with Gasteiger partial charge in [0.05, 0.1) is 10.7 Å². The second-order valence-electron chi connectivity index (χ2n) is 8.72. The molecule has 0 amide bonds. The quantitative estimate of drug-likeness (QED) is 0.541. The number of aryl methyl sites for hydroxylation is 2. The number of hydrogen-bond donors (Lipinski definition) is 1. The first-order valence-electron chi connectivity index (χ1n) is 11.2. The third kappa shape index (κ3) is 4.17. The normalized spacial score (nSPS) is 19.6. The van der Waals surface area contributed by atoms with E-state index in [1.165, 1.54) is 22.3 Å². The Kier molecular flexibility index (Phi) is 5.97. The first-order valence-corrected chi connectivity index (χ1v) is 13.0. The molecule has 2 aliphatic rings. The molecule has 1 aliphatic carbocycles. The molecule has 0 saturated carbocycles. The number of halogens is 1. The van der Waals surface area contributed by atoms with Crippen molar-refractivity contribution in [1.29, 1.82) is 0 Å². The van der Waals surface area contributed by atoms with E-state index in [4.69, 9.17) is 11.6 Å². The van der Waals surface area contributed by atoms with Gasteiger partial charge < -0.3 is 0 Å². The van der Waals surface area contributed by atoms with Crippen LogP contribution in [0.4, 0.5) is 5.69 Å². The summed E-state index contributed by atoms with van der Waals surface area (Å²) in [6, 6.07) is 24.3. The van der Waals surface area contributed by atoms with E-state index in [1.54, 1.807) is 28.6 Å². The van der Waals surface area contributed by atoms with Gasteiger partial charge in [-0.1, -0.05) is 72.3 Å². The second kappa shape index (κ2) is 8.89. The molecular formula is C26H27ClN2O2S. The number of benzene rings is 3. The highest BCUT2D eigenvalue weighted by Gasteiger charge is 2.36. The summed E-state index contributed by atoms with van der Waals surface area (Å²) >= 11 is 6.20. The number of rotatable bonds is 4. The molecule has 166 valence electrons. The Labute approximate surface area is 195 Å². The first-order chi connectivity index (χ1) is 15.5. The van der Waals surface area contributed by atoms with Crippen molar-refractivity contribution in [2.24, 2.45) is 5.92 Å². The van der Waals surface area contributed by atoms with Crippen LogP contribution in [0.5, 0.6) is 0 Å². The van der Waals surface area contributed by atoms with Crippen LogP contribution in [-0.2, 0) is 23.1 Å². The van der Waals surface area contributed by atoms with Crippen LogP contribution in [-0.4, -0.2) is 25.8 Å². The summed E-state index contributed by atoms with van der Waals surface area (Å²) < 4.78 is 30.8. The standard InChI is InChI=1S/C26H27ClN2O2S/c27-24-13-5-6-14-25(24)28-32(30,31)29-17-7-10-21(18-29)26-22-11-3-1-8-19(22)15-16-20-9-2-4-12-23(20)26/h1-6,8-9,11-14,21,26,28H,7,10,15-18H2. The number of para-hydroxylation sites is 1. The van der Waals surface area contributed by atoms with Crippen LogP contribution in [0.3, 0.4) is 0 Å². The molecule has 0 bridgehead atoms. The van der Waals surface area contributed by atoms with E-state index in [0.717, 1.165) is 25.7 Å². The Balaban J connectivity index is 1.48. The van der Waals surface area contributed by atoms with Crippen LogP contribution in [0.1, 0.15) is 41.0 Å². The molecular weight excluding hydrogens is 440 g/mol. The Hall–Kier alpha value is -2.34.